The number of aliphatic hydroxyl groups is 1. The second kappa shape index (κ2) is 13.4. The molecule has 0 aliphatic rings. The second-order valence-corrected chi connectivity index (χ2v) is 9.38. The molecule has 0 atom stereocenters. The fourth-order valence-electron chi connectivity index (χ4n) is 4.35. The van der Waals surface area contributed by atoms with Crippen LogP contribution in [-0.2, 0) is 13.0 Å². The van der Waals surface area contributed by atoms with Crippen molar-refractivity contribution in [3.05, 3.63) is 108 Å². The highest BCUT2D eigenvalue weighted by atomic mass is 16.5. The van der Waals surface area contributed by atoms with Crippen molar-refractivity contribution in [2.45, 2.75) is 20.0 Å². The average molecular weight is 595 g/mol. The number of carbonyl (C=O) groups is 2. The van der Waals surface area contributed by atoms with Gasteiger partial charge in [0.05, 0.1) is 44.6 Å². The number of hydrogen-bond donors (Lipinski definition) is 3. The molecule has 0 spiro atoms. The van der Waals surface area contributed by atoms with Crippen LogP contribution in [0.5, 0.6) is 11.5 Å². The number of nitrogens with one attached hydrogen (secondary N) is 2. The summed E-state index contributed by atoms with van der Waals surface area (Å²) in [5.74, 6) is 0.515. The molecular weight excluding hydrogens is 564 g/mol. The highest BCUT2D eigenvalue weighted by Gasteiger charge is 2.17. The molecule has 2 amide bonds. The lowest BCUT2D eigenvalue weighted by Gasteiger charge is -2.11. The van der Waals surface area contributed by atoms with Gasteiger partial charge in [0.25, 0.3) is 11.8 Å². The molecule has 3 N–H and O–H groups in total. The monoisotopic (exact) mass is 594 g/mol. The minimum atomic E-state index is -0.330. The van der Waals surface area contributed by atoms with Crippen LogP contribution in [0, 0.1) is 0 Å². The lowest BCUT2D eigenvalue weighted by atomic mass is 10.1. The molecule has 0 saturated carbocycles. The van der Waals surface area contributed by atoms with Gasteiger partial charge in [-0.05, 0) is 53.9 Å². The number of methoxy groups -OCH3 is 2. The van der Waals surface area contributed by atoms with Crippen molar-refractivity contribution in [1.82, 2.24) is 29.2 Å². The molecule has 0 aliphatic heterocycles. The number of fused-ring (bicyclic) bond motifs is 2. The predicted molar refractivity (Wildman–Crippen MR) is 163 cm³/mol. The average Bonchev–Trinajstić information content (AvgIpc) is 3.70. The van der Waals surface area contributed by atoms with Crippen LogP contribution in [0.15, 0.2) is 85.7 Å². The minimum Gasteiger partial charge on any atom is -0.495 e. The van der Waals surface area contributed by atoms with E-state index < -0.39 is 0 Å². The Hall–Kier alpha value is -5.82. The molecule has 4 heterocycles. The first kappa shape index (κ1) is 29.7. The third-order valence-electron chi connectivity index (χ3n) is 6.67. The Labute approximate surface area is 252 Å². The standard InChI is InChI=1S/C16H16N4O2.C15H14N4O3/c1-3-11-5-6-13(14(9-11)22-2)19-16(21)12-10-18-20-8-4-7-17-15(12)20;1-22-13-7-10(9-20)3-4-12(13)18-15(21)11-8-17-19-6-2-5-16-14(11)19/h4-10H,3H2,1-2H3,(H,19,21);2-8,20H,9H2,1H3,(H,18,21). The van der Waals surface area contributed by atoms with Crippen LogP contribution in [0.25, 0.3) is 11.3 Å². The largest absolute Gasteiger partial charge is 0.495 e. The molecule has 6 aromatic rings. The number of hydrogen-bond acceptors (Lipinski definition) is 9. The van der Waals surface area contributed by atoms with E-state index in [9.17, 15) is 9.59 Å². The van der Waals surface area contributed by atoms with Crippen molar-refractivity contribution in [2.75, 3.05) is 24.9 Å². The Morgan fingerprint density at radius 2 is 1.25 bits per heavy atom. The summed E-state index contributed by atoms with van der Waals surface area (Å²) in [4.78, 5) is 33.2. The first-order chi connectivity index (χ1) is 21.4. The summed E-state index contributed by atoms with van der Waals surface area (Å²) < 4.78 is 13.7. The second-order valence-electron chi connectivity index (χ2n) is 9.38. The van der Waals surface area contributed by atoms with Crippen LogP contribution in [-0.4, -0.2) is 60.3 Å². The van der Waals surface area contributed by atoms with Crippen molar-refractivity contribution in [1.29, 1.82) is 0 Å². The predicted octanol–water partition coefficient (Wildman–Crippen LogP) is 4.04. The molecular formula is C31H30N8O5. The van der Waals surface area contributed by atoms with E-state index in [1.165, 1.54) is 24.0 Å². The highest BCUT2D eigenvalue weighted by molar-refractivity contribution is 6.09. The van der Waals surface area contributed by atoms with E-state index in [-0.39, 0.29) is 18.4 Å². The number of amides is 2. The summed E-state index contributed by atoms with van der Waals surface area (Å²) in [6.07, 6.45) is 10.6. The summed E-state index contributed by atoms with van der Waals surface area (Å²) in [5, 5.41) is 22.9. The lowest BCUT2D eigenvalue weighted by Crippen LogP contribution is -2.13. The number of anilines is 2. The fraction of sp³-hybridized carbons (Fsp3) is 0.161. The zero-order chi connectivity index (χ0) is 31.1. The van der Waals surface area contributed by atoms with Crippen LogP contribution >= 0.6 is 0 Å². The highest BCUT2D eigenvalue weighted by Crippen LogP contribution is 2.27. The quantitative estimate of drug-likeness (QED) is 0.237. The molecule has 13 heteroatoms. The molecule has 224 valence electrons. The molecule has 0 saturated heterocycles. The number of aliphatic hydroxyl groups excluding tert-OH is 1. The van der Waals surface area contributed by atoms with Crippen LogP contribution < -0.4 is 20.1 Å². The maximum absolute atomic E-state index is 12.5. The third kappa shape index (κ3) is 6.32. The zero-order valence-electron chi connectivity index (χ0n) is 24.3. The van der Waals surface area contributed by atoms with E-state index >= 15 is 0 Å². The summed E-state index contributed by atoms with van der Waals surface area (Å²) in [7, 11) is 3.09. The van der Waals surface area contributed by atoms with Gasteiger partial charge in [-0.3, -0.25) is 9.59 Å². The Bertz CT molecular complexity index is 1790. The van der Waals surface area contributed by atoms with Crippen molar-refractivity contribution in [3.63, 3.8) is 0 Å². The van der Waals surface area contributed by atoms with Gasteiger partial charge in [-0.25, -0.2) is 19.0 Å². The van der Waals surface area contributed by atoms with Crippen LogP contribution in [0.4, 0.5) is 11.4 Å². The molecule has 0 fully saturated rings. The molecule has 0 radical (unpaired) electrons. The SMILES string of the molecule is CCc1ccc(NC(=O)c2cnn3cccnc23)c(OC)c1.COc1cc(CO)ccc1NC(=O)c1cnn2cccnc12. The molecule has 0 bridgehead atoms. The summed E-state index contributed by atoms with van der Waals surface area (Å²) in [6, 6.07) is 14.3. The van der Waals surface area contributed by atoms with E-state index in [2.05, 4.69) is 37.7 Å². The van der Waals surface area contributed by atoms with Gasteiger partial charge in [0.2, 0.25) is 0 Å². The summed E-state index contributed by atoms with van der Waals surface area (Å²) >= 11 is 0. The normalized spacial score (nSPS) is 10.6. The summed E-state index contributed by atoms with van der Waals surface area (Å²) in [5.41, 5.74) is 4.77. The van der Waals surface area contributed by atoms with Gasteiger partial charge < -0.3 is 25.2 Å². The first-order valence-corrected chi connectivity index (χ1v) is 13.6. The Morgan fingerprint density at radius 3 is 1.70 bits per heavy atom. The summed E-state index contributed by atoms with van der Waals surface area (Å²) in [6.45, 7) is 1.97. The van der Waals surface area contributed by atoms with E-state index in [0.29, 0.717) is 50.9 Å². The van der Waals surface area contributed by atoms with Gasteiger partial charge >= 0.3 is 0 Å². The minimum absolute atomic E-state index is 0.0947. The van der Waals surface area contributed by atoms with Crippen molar-refractivity contribution < 1.29 is 24.2 Å². The number of aryl methyl sites for hydroxylation is 1. The van der Waals surface area contributed by atoms with E-state index in [4.69, 9.17) is 14.6 Å². The molecule has 6 rings (SSSR count). The topological polar surface area (TPSA) is 157 Å². The van der Waals surface area contributed by atoms with Crippen LogP contribution in [0.1, 0.15) is 38.8 Å². The number of carbonyl (C=O) groups excluding carboxylic acids is 2. The molecule has 13 nitrogen and oxygen atoms in total. The smallest absolute Gasteiger partial charge is 0.261 e. The maximum atomic E-state index is 12.5. The number of nitrogens with zero attached hydrogens (tertiary/aromatic N) is 6. The number of ether oxygens (including phenoxy) is 2. The number of aromatic nitrogens is 6. The molecule has 0 aliphatic carbocycles. The van der Waals surface area contributed by atoms with Crippen molar-refractivity contribution in [2.24, 2.45) is 0 Å². The molecule has 4 aromatic heterocycles. The van der Waals surface area contributed by atoms with Gasteiger partial charge in [-0.1, -0.05) is 19.1 Å². The first-order valence-electron chi connectivity index (χ1n) is 13.6. The maximum Gasteiger partial charge on any atom is 0.261 e. The number of rotatable bonds is 8. The van der Waals surface area contributed by atoms with Gasteiger partial charge in [0.1, 0.15) is 22.6 Å². The fourth-order valence-corrected chi connectivity index (χ4v) is 4.35. The van der Waals surface area contributed by atoms with Gasteiger partial charge in [-0.2, -0.15) is 10.2 Å². The van der Waals surface area contributed by atoms with Gasteiger partial charge in [0, 0.05) is 24.8 Å². The molecule has 2 aromatic carbocycles. The van der Waals surface area contributed by atoms with E-state index in [1.54, 1.807) is 66.7 Å². The molecule has 0 unspecified atom stereocenters. The van der Waals surface area contributed by atoms with E-state index in [0.717, 1.165) is 12.0 Å². The van der Waals surface area contributed by atoms with Crippen LogP contribution in [0.3, 0.4) is 0 Å². The van der Waals surface area contributed by atoms with Crippen molar-refractivity contribution in [3.8, 4) is 11.5 Å². The Morgan fingerprint density at radius 1 is 0.773 bits per heavy atom. The van der Waals surface area contributed by atoms with Gasteiger partial charge in [-0.15, -0.1) is 0 Å². The van der Waals surface area contributed by atoms with Gasteiger partial charge in [0.15, 0.2) is 11.3 Å². The Kier molecular flexibility index (Phi) is 9.06. The third-order valence-corrected chi connectivity index (χ3v) is 6.67. The Balaban J connectivity index is 0.000000175. The van der Waals surface area contributed by atoms with Crippen molar-refractivity contribution >= 4 is 34.5 Å². The zero-order valence-corrected chi connectivity index (χ0v) is 24.3. The van der Waals surface area contributed by atoms with E-state index in [1.807, 2.05) is 18.2 Å². The van der Waals surface area contributed by atoms with Crippen LogP contribution in [0.2, 0.25) is 0 Å². The lowest BCUT2D eigenvalue weighted by molar-refractivity contribution is 0.101. The molecule has 44 heavy (non-hydrogen) atoms. The number of benzene rings is 2.